The van der Waals surface area contributed by atoms with Crippen LogP contribution in [-0.4, -0.2) is 33.9 Å². The maximum Gasteiger partial charge on any atom is 0.211 e. The average Bonchev–Trinajstić information content (AvgIpc) is 2.92. The van der Waals surface area contributed by atoms with Crippen molar-refractivity contribution in [3.63, 3.8) is 0 Å². The van der Waals surface area contributed by atoms with Gasteiger partial charge in [0.1, 0.15) is 0 Å². The molecule has 1 aliphatic rings. The Morgan fingerprint density at radius 1 is 1.44 bits per heavy atom. The number of ether oxygens (including phenoxy) is 1. The van der Waals surface area contributed by atoms with E-state index in [1.54, 1.807) is 18.3 Å². The van der Waals surface area contributed by atoms with Gasteiger partial charge in [0, 0.05) is 30.1 Å². The number of hydrogen-bond acceptors (Lipinski definition) is 4. The van der Waals surface area contributed by atoms with Gasteiger partial charge < -0.3 is 4.74 Å². The Hall–Kier alpha value is -0.430. The van der Waals surface area contributed by atoms with Crippen LogP contribution >= 0.6 is 11.3 Å². The van der Waals surface area contributed by atoms with Gasteiger partial charge in [-0.15, -0.1) is 11.3 Å². The SMILES string of the molecule is CCS(=O)(=O)NCC1(c2cccs2)CCOCC1. The Balaban J connectivity index is 2.16. The summed E-state index contributed by atoms with van der Waals surface area (Å²) in [5.74, 6) is 0.129. The summed E-state index contributed by atoms with van der Waals surface area (Å²) in [6.45, 7) is 3.54. The highest BCUT2D eigenvalue weighted by molar-refractivity contribution is 7.89. The van der Waals surface area contributed by atoms with E-state index >= 15 is 0 Å². The van der Waals surface area contributed by atoms with E-state index in [1.807, 2.05) is 11.4 Å². The Bertz CT molecular complexity index is 462. The van der Waals surface area contributed by atoms with Gasteiger partial charge in [0.25, 0.3) is 0 Å². The molecule has 0 radical (unpaired) electrons. The Labute approximate surface area is 112 Å². The summed E-state index contributed by atoms with van der Waals surface area (Å²) < 4.78 is 31.4. The Morgan fingerprint density at radius 3 is 2.72 bits per heavy atom. The second-order valence-electron chi connectivity index (χ2n) is 4.59. The van der Waals surface area contributed by atoms with Crippen molar-refractivity contribution in [1.29, 1.82) is 0 Å². The largest absolute Gasteiger partial charge is 0.381 e. The first-order chi connectivity index (χ1) is 8.58. The van der Waals surface area contributed by atoms with E-state index in [2.05, 4.69) is 10.8 Å². The molecule has 1 aromatic rings. The van der Waals surface area contributed by atoms with Crippen molar-refractivity contribution >= 4 is 21.4 Å². The van der Waals surface area contributed by atoms with Gasteiger partial charge in [0.05, 0.1) is 5.75 Å². The minimum Gasteiger partial charge on any atom is -0.381 e. The highest BCUT2D eigenvalue weighted by Crippen LogP contribution is 2.37. The molecular formula is C12H19NO3S2. The van der Waals surface area contributed by atoms with E-state index in [0.29, 0.717) is 19.8 Å². The van der Waals surface area contributed by atoms with Crippen molar-refractivity contribution < 1.29 is 13.2 Å². The first-order valence-corrected chi connectivity index (χ1v) is 8.70. The van der Waals surface area contributed by atoms with Gasteiger partial charge in [-0.25, -0.2) is 13.1 Å². The molecule has 2 heterocycles. The topological polar surface area (TPSA) is 55.4 Å². The van der Waals surface area contributed by atoms with Crippen LogP contribution in [0.25, 0.3) is 0 Å². The Kier molecular flexibility index (Phi) is 4.42. The van der Waals surface area contributed by atoms with Gasteiger partial charge in [-0.05, 0) is 31.2 Å². The standard InChI is InChI=1S/C12H19NO3S2/c1-2-18(14,15)13-10-12(5-7-16-8-6-12)11-4-3-9-17-11/h3-4,9,13H,2,5-8,10H2,1H3. The monoisotopic (exact) mass is 289 g/mol. The molecule has 1 N–H and O–H groups in total. The second kappa shape index (κ2) is 5.69. The fraction of sp³-hybridized carbons (Fsp3) is 0.667. The lowest BCUT2D eigenvalue weighted by Crippen LogP contribution is -2.44. The van der Waals surface area contributed by atoms with Gasteiger partial charge in [-0.2, -0.15) is 0 Å². The first kappa shape index (κ1) is 14.0. The van der Waals surface area contributed by atoms with E-state index in [9.17, 15) is 8.42 Å². The second-order valence-corrected chi connectivity index (χ2v) is 7.64. The van der Waals surface area contributed by atoms with Crippen molar-refractivity contribution in [3.8, 4) is 0 Å². The summed E-state index contributed by atoms with van der Waals surface area (Å²) in [5.41, 5.74) is -0.0886. The van der Waals surface area contributed by atoms with Crippen molar-refractivity contribution in [1.82, 2.24) is 4.72 Å². The van der Waals surface area contributed by atoms with Crippen LogP contribution in [0.3, 0.4) is 0 Å². The molecule has 18 heavy (non-hydrogen) atoms. The molecule has 0 aromatic carbocycles. The minimum absolute atomic E-state index is 0.0886. The molecule has 6 heteroatoms. The molecule has 0 spiro atoms. The highest BCUT2D eigenvalue weighted by atomic mass is 32.2. The third kappa shape index (κ3) is 3.12. The average molecular weight is 289 g/mol. The van der Waals surface area contributed by atoms with E-state index in [-0.39, 0.29) is 11.2 Å². The van der Waals surface area contributed by atoms with Crippen molar-refractivity contribution in [3.05, 3.63) is 22.4 Å². The van der Waals surface area contributed by atoms with Gasteiger partial charge in [0.15, 0.2) is 0 Å². The first-order valence-electron chi connectivity index (χ1n) is 6.17. The molecule has 1 saturated heterocycles. The molecule has 102 valence electrons. The quantitative estimate of drug-likeness (QED) is 0.898. The van der Waals surface area contributed by atoms with E-state index in [0.717, 1.165) is 12.8 Å². The van der Waals surface area contributed by atoms with Crippen LogP contribution in [0.1, 0.15) is 24.6 Å². The van der Waals surface area contributed by atoms with E-state index < -0.39 is 10.0 Å². The van der Waals surface area contributed by atoms with Crippen LogP contribution in [0.2, 0.25) is 0 Å². The summed E-state index contributed by atoms with van der Waals surface area (Å²) in [4.78, 5) is 1.25. The number of rotatable bonds is 5. The van der Waals surface area contributed by atoms with Crippen LogP contribution in [0.4, 0.5) is 0 Å². The number of sulfonamides is 1. The molecule has 0 unspecified atom stereocenters. The van der Waals surface area contributed by atoms with E-state index in [4.69, 9.17) is 4.74 Å². The Morgan fingerprint density at radius 2 is 2.17 bits per heavy atom. The molecule has 4 nitrogen and oxygen atoms in total. The summed E-state index contributed by atoms with van der Waals surface area (Å²) in [7, 11) is -3.13. The molecule has 0 atom stereocenters. The maximum atomic E-state index is 11.6. The normalized spacial score (nSPS) is 19.8. The van der Waals surface area contributed by atoms with Gasteiger partial charge in [-0.3, -0.25) is 0 Å². The molecule has 1 aliphatic heterocycles. The third-order valence-electron chi connectivity index (χ3n) is 3.50. The number of thiophene rings is 1. The van der Waals surface area contributed by atoms with Crippen molar-refractivity contribution in [2.45, 2.75) is 25.2 Å². The fourth-order valence-corrected chi connectivity index (χ4v) is 3.89. The fourth-order valence-electron chi connectivity index (χ4n) is 2.20. The number of nitrogens with one attached hydrogen (secondary N) is 1. The van der Waals surface area contributed by atoms with Crippen LogP contribution in [0.15, 0.2) is 17.5 Å². The van der Waals surface area contributed by atoms with Crippen molar-refractivity contribution in [2.24, 2.45) is 0 Å². The lowest BCUT2D eigenvalue weighted by molar-refractivity contribution is 0.0529. The summed E-state index contributed by atoms with van der Waals surface area (Å²) in [6, 6.07) is 4.11. The predicted molar refractivity (Wildman–Crippen MR) is 73.5 cm³/mol. The highest BCUT2D eigenvalue weighted by Gasteiger charge is 2.36. The molecular weight excluding hydrogens is 270 g/mol. The predicted octanol–water partition coefficient (Wildman–Crippen LogP) is 1.74. The van der Waals surface area contributed by atoms with Gasteiger partial charge in [-0.1, -0.05) is 6.07 Å². The molecule has 0 saturated carbocycles. The summed E-state index contributed by atoms with van der Waals surface area (Å²) in [6.07, 6.45) is 1.75. The lowest BCUT2D eigenvalue weighted by Gasteiger charge is -2.36. The van der Waals surface area contributed by atoms with Crippen LogP contribution in [0.5, 0.6) is 0 Å². The number of hydrogen-bond donors (Lipinski definition) is 1. The smallest absolute Gasteiger partial charge is 0.211 e. The molecule has 0 amide bonds. The van der Waals surface area contributed by atoms with Crippen LogP contribution in [-0.2, 0) is 20.2 Å². The van der Waals surface area contributed by atoms with Crippen LogP contribution in [0, 0.1) is 0 Å². The molecule has 0 bridgehead atoms. The molecule has 1 aromatic heterocycles. The lowest BCUT2D eigenvalue weighted by atomic mass is 9.79. The summed E-state index contributed by atoms with van der Waals surface area (Å²) in [5, 5.41) is 2.04. The molecule has 2 rings (SSSR count). The maximum absolute atomic E-state index is 11.6. The van der Waals surface area contributed by atoms with Gasteiger partial charge >= 0.3 is 0 Å². The van der Waals surface area contributed by atoms with Crippen molar-refractivity contribution in [2.75, 3.05) is 25.5 Å². The van der Waals surface area contributed by atoms with Crippen LogP contribution < -0.4 is 4.72 Å². The zero-order valence-electron chi connectivity index (χ0n) is 10.5. The van der Waals surface area contributed by atoms with Gasteiger partial charge in [0.2, 0.25) is 10.0 Å². The summed E-state index contributed by atoms with van der Waals surface area (Å²) >= 11 is 1.70. The minimum atomic E-state index is -3.13. The van der Waals surface area contributed by atoms with E-state index in [1.165, 1.54) is 4.88 Å². The zero-order chi connectivity index (χ0) is 13.1. The third-order valence-corrected chi connectivity index (χ3v) is 5.96. The molecule has 0 aliphatic carbocycles. The molecule has 1 fully saturated rings. The zero-order valence-corrected chi connectivity index (χ0v) is 12.1.